The highest BCUT2D eigenvalue weighted by Gasteiger charge is 2.30. The molecule has 3 N–H and O–H groups in total. The van der Waals surface area contributed by atoms with Crippen LogP contribution in [0, 0.1) is 3.57 Å². The number of benzene rings is 1. The molecule has 20 nitrogen and oxygen atoms in total. The summed E-state index contributed by atoms with van der Waals surface area (Å²) in [4.78, 5) is 113. The van der Waals surface area contributed by atoms with Crippen molar-refractivity contribution >= 4 is 70.2 Å². The van der Waals surface area contributed by atoms with Crippen LogP contribution in [-0.2, 0) is 68.5 Å². The Balaban J connectivity index is 2.16. The van der Waals surface area contributed by atoms with Crippen LogP contribution >= 0.6 is 22.6 Å². The van der Waals surface area contributed by atoms with Gasteiger partial charge in [-0.15, -0.1) is 0 Å². The van der Waals surface area contributed by atoms with E-state index in [0.717, 1.165) is 9.13 Å². The fourth-order valence-electron chi connectivity index (χ4n) is 7.80. The Kier molecular flexibility index (Phi) is 28.7. The fourth-order valence-corrected chi connectivity index (χ4v) is 8.16. The molecule has 1 saturated heterocycles. The third-order valence-corrected chi connectivity index (χ3v) is 11.9. The van der Waals surface area contributed by atoms with Crippen LogP contribution in [0.4, 0.5) is 0 Å². The van der Waals surface area contributed by atoms with Crippen LogP contribution in [0.1, 0.15) is 134 Å². The van der Waals surface area contributed by atoms with E-state index in [2.05, 4.69) is 38.5 Å². The smallest absolute Gasteiger partial charge is 0.328 e. The van der Waals surface area contributed by atoms with Crippen molar-refractivity contribution in [3.63, 3.8) is 0 Å². The standard InChI is InChI=1S/C54H90IN7O13/c1-51(2,3)72-45(65)25-24-41(57-43(63)19-16-17-39-20-22-40(55)23-21-39)49(69)58-42(50(70)71-13)18-14-15-26-56-44(64)35-59-27-29-60(36-46(66)73-52(4,5)6)31-33-62(38-48(68)75-54(10,11)12)34-32-61(30-28-59)37-47(67)74-53(7,8)9/h20-23,41-42H,14-19,24-38H2,1-13H3,(H,56,64)(H,57,63)(H,58,69). The van der Waals surface area contributed by atoms with E-state index in [4.69, 9.17) is 23.7 Å². The Morgan fingerprint density at radius 3 is 1.33 bits per heavy atom. The summed E-state index contributed by atoms with van der Waals surface area (Å²) in [6, 6.07) is 5.79. The van der Waals surface area contributed by atoms with Gasteiger partial charge in [0.2, 0.25) is 17.7 Å². The third kappa shape index (κ3) is 32.7. The maximum absolute atomic E-state index is 13.8. The number of nitrogens with one attached hydrogen (secondary N) is 3. The molecular weight excluding hydrogens is 1080 g/mol. The number of halogens is 1. The summed E-state index contributed by atoms with van der Waals surface area (Å²) in [7, 11) is 1.21. The van der Waals surface area contributed by atoms with Gasteiger partial charge >= 0.3 is 29.8 Å². The molecule has 1 aromatic carbocycles. The van der Waals surface area contributed by atoms with E-state index in [0.29, 0.717) is 78.0 Å². The highest BCUT2D eigenvalue weighted by Crippen LogP contribution is 2.15. The molecule has 1 fully saturated rings. The van der Waals surface area contributed by atoms with Gasteiger partial charge < -0.3 is 39.6 Å². The van der Waals surface area contributed by atoms with Crippen LogP contribution in [0.5, 0.6) is 0 Å². The molecule has 0 aromatic heterocycles. The zero-order chi connectivity index (χ0) is 56.6. The van der Waals surface area contributed by atoms with Crippen molar-refractivity contribution in [3.8, 4) is 0 Å². The number of aryl methyl sites for hydroxylation is 1. The quantitative estimate of drug-likeness (QED) is 0.0563. The molecule has 426 valence electrons. The van der Waals surface area contributed by atoms with Crippen LogP contribution in [0.3, 0.4) is 0 Å². The summed E-state index contributed by atoms with van der Waals surface area (Å²) in [6.07, 6.45) is 2.15. The SMILES string of the molecule is COC(=O)C(CCCCNC(=O)CN1CCN(CC(=O)OC(C)(C)C)CCN(CC(=O)OC(C)(C)C)CCN(CC(=O)OC(C)(C)C)CC1)NC(=O)C(CCC(=O)OC(C)(C)C)NC(=O)CCCc1ccc(I)cc1. The van der Waals surface area contributed by atoms with Gasteiger partial charge in [0, 0.05) is 75.3 Å². The highest BCUT2D eigenvalue weighted by molar-refractivity contribution is 14.1. The molecule has 0 spiro atoms. The van der Waals surface area contributed by atoms with E-state index < -0.39 is 64.3 Å². The van der Waals surface area contributed by atoms with Gasteiger partial charge in [0.25, 0.3) is 0 Å². The number of esters is 5. The Morgan fingerprint density at radius 1 is 0.507 bits per heavy atom. The van der Waals surface area contributed by atoms with E-state index in [1.165, 1.54) is 7.11 Å². The number of carbonyl (C=O) groups is 8. The van der Waals surface area contributed by atoms with Gasteiger partial charge in [-0.2, -0.15) is 0 Å². The topological polar surface area (TPSA) is 232 Å². The van der Waals surface area contributed by atoms with Crippen molar-refractivity contribution in [2.75, 3.05) is 92.2 Å². The van der Waals surface area contributed by atoms with Crippen molar-refractivity contribution < 1.29 is 62.0 Å². The van der Waals surface area contributed by atoms with Crippen LogP contribution in [-0.4, -0.2) is 194 Å². The molecule has 0 aliphatic carbocycles. The monoisotopic (exact) mass is 1170 g/mol. The molecule has 1 aliphatic rings. The fraction of sp³-hybridized carbons (Fsp3) is 0.741. The van der Waals surface area contributed by atoms with Gasteiger partial charge in [0.05, 0.1) is 33.3 Å². The Labute approximate surface area is 460 Å². The molecule has 3 amide bonds. The van der Waals surface area contributed by atoms with Gasteiger partial charge in [-0.25, -0.2) is 4.79 Å². The number of methoxy groups -OCH3 is 1. The van der Waals surface area contributed by atoms with Gasteiger partial charge in [-0.3, -0.25) is 53.2 Å². The maximum atomic E-state index is 13.8. The number of hydrogen-bond donors (Lipinski definition) is 3. The first-order valence-corrected chi connectivity index (χ1v) is 27.3. The zero-order valence-electron chi connectivity index (χ0n) is 47.3. The third-order valence-electron chi connectivity index (χ3n) is 11.2. The van der Waals surface area contributed by atoms with Crippen molar-refractivity contribution in [2.24, 2.45) is 0 Å². The number of carbonyl (C=O) groups excluding carboxylic acids is 8. The molecule has 1 heterocycles. The van der Waals surface area contributed by atoms with Crippen LogP contribution in [0.15, 0.2) is 24.3 Å². The molecule has 2 rings (SSSR count). The number of ether oxygens (including phenoxy) is 5. The lowest BCUT2D eigenvalue weighted by Crippen LogP contribution is -2.52. The van der Waals surface area contributed by atoms with E-state index >= 15 is 0 Å². The molecule has 75 heavy (non-hydrogen) atoms. The Morgan fingerprint density at radius 2 is 0.920 bits per heavy atom. The van der Waals surface area contributed by atoms with Crippen LogP contribution in [0.25, 0.3) is 0 Å². The van der Waals surface area contributed by atoms with Crippen molar-refractivity contribution in [2.45, 2.75) is 169 Å². The molecule has 2 atom stereocenters. The van der Waals surface area contributed by atoms with Crippen LogP contribution < -0.4 is 16.0 Å². The molecule has 21 heteroatoms. The lowest BCUT2D eigenvalue weighted by molar-refractivity contribution is -0.158. The molecule has 1 aliphatic heterocycles. The minimum atomic E-state index is -1.13. The second kappa shape index (κ2) is 32.3. The molecule has 0 saturated carbocycles. The average Bonchev–Trinajstić information content (AvgIpc) is 3.25. The summed E-state index contributed by atoms with van der Waals surface area (Å²) in [5.41, 5.74) is -1.74. The molecule has 2 unspecified atom stereocenters. The van der Waals surface area contributed by atoms with Crippen molar-refractivity contribution in [1.82, 2.24) is 35.6 Å². The van der Waals surface area contributed by atoms with Gasteiger partial charge in [-0.1, -0.05) is 12.1 Å². The van der Waals surface area contributed by atoms with Crippen LogP contribution in [0.2, 0.25) is 0 Å². The van der Waals surface area contributed by atoms with E-state index in [1.807, 2.05) is 43.9 Å². The number of unbranched alkanes of at least 4 members (excludes halogenated alkanes) is 1. The van der Waals surface area contributed by atoms with Crippen molar-refractivity contribution in [3.05, 3.63) is 33.4 Å². The molecule has 0 radical (unpaired) electrons. The van der Waals surface area contributed by atoms with E-state index in [1.54, 1.807) is 83.1 Å². The van der Waals surface area contributed by atoms with Gasteiger partial charge in [0.15, 0.2) is 0 Å². The number of nitrogens with zero attached hydrogens (tertiary/aromatic N) is 4. The predicted molar refractivity (Wildman–Crippen MR) is 293 cm³/mol. The molecular formula is C54H90IN7O13. The predicted octanol–water partition coefficient (Wildman–Crippen LogP) is 4.41. The summed E-state index contributed by atoms with van der Waals surface area (Å²) in [5.74, 6) is -3.70. The molecule has 1 aromatic rings. The minimum Gasteiger partial charge on any atom is -0.467 e. The first-order chi connectivity index (χ1) is 34.8. The lowest BCUT2D eigenvalue weighted by atomic mass is 10.1. The number of hydrogen-bond acceptors (Lipinski definition) is 17. The first kappa shape index (κ1) is 66.7. The summed E-state index contributed by atoms with van der Waals surface area (Å²) in [6.45, 7) is 24.8. The largest absolute Gasteiger partial charge is 0.467 e. The highest BCUT2D eigenvalue weighted by atomic mass is 127. The van der Waals surface area contributed by atoms with E-state index in [-0.39, 0.29) is 76.2 Å². The zero-order valence-corrected chi connectivity index (χ0v) is 49.4. The number of amides is 3. The van der Waals surface area contributed by atoms with Gasteiger partial charge in [0.1, 0.15) is 34.5 Å². The summed E-state index contributed by atoms with van der Waals surface area (Å²) in [5, 5.41) is 8.44. The summed E-state index contributed by atoms with van der Waals surface area (Å²) >= 11 is 2.23. The summed E-state index contributed by atoms with van der Waals surface area (Å²) < 4.78 is 28.5. The first-order valence-electron chi connectivity index (χ1n) is 26.2. The van der Waals surface area contributed by atoms with Crippen molar-refractivity contribution in [1.29, 1.82) is 0 Å². The molecule has 0 bridgehead atoms. The average molecular weight is 1170 g/mol. The van der Waals surface area contributed by atoms with Gasteiger partial charge in [-0.05, 0) is 162 Å². The second-order valence-electron chi connectivity index (χ2n) is 23.0. The maximum Gasteiger partial charge on any atom is 0.328 e. The normalized spacial score (nSPS) is 16.0. The Hall–Kier alpha value is -4.45. The Bertz CT molecular complexity index is 1950. The second-order valence-corrected chi connectivity index (χ2v) is 24.3. The minimum absolute atomic E-state index is 0.00818. The number of rotatable bonds is 24. The lowest BCUT2D eigenvalue weighted by Gasteiger charge is -2.34. The van der Waals surface area contributed by atoms with E-state index in [9.17, 15) is 38.4 Å².